The molecule has 82 valence electrons. The molecule has 0 N–H and O–H groups in total. The van der Waals surface area contributed by atoms with E-state index in [4.69, 9.17) is 16.9 Å². The molecule has 0 aliphatic heterocycles. The van der Waals surface area contributed by atoms with Gasteiger partial charge in [0, 0.05) is 5.02 Å². The fraction of sp³-hybridized carbons (Fsp3) is 0. The summed E-state index contributed by atoms with van der Waals surface area (Å²) in [7, 11) is 0. The van der Waals surface area contributed by atoms with Gasteiger partial charge in [0.1, 0.15) is 11.8 Å². The molecule has 3 nitrogen and oxygen atoms in total. The molecule has 4 heteroatoms. The average molecular weight is 242 g/mol. The lowest BCUT2D eigenvalue weighted by Gasteiger charge is -1.94. The van der Waals surface area contributed by atoms with Gasteiger partial charge in [-0.05, 0) is 36.4 Å². The monoisotopic (exact) mass is 241 g/mol. The first-order valence-electron chi connectivity index (χ1n) is 4.95. The van der Waals surface area contributed by atoms with Gasteiger partial charge >= 0.3 is 0 Å². The van der Waals surface area contributed by atoms with E-state index in [9.17, 15) is 0 Å². The number of aromatic nitrogens is 1. The maximum atomic E-state index is 8.71. The summed E-state index contributed by atoms with van der Waals surface area (Å²) in [6.45, 7) is 0. The molecule has 0 fully saturated rings. The third kappa shape index (κ3) is 3.13. The molecule has 0 unspecified atom stereocenters. The molecule has 2 rings (SSSR count). The number of halogens is 1. The number of nitrogens with zero attached hydrogens (tertiary/aromatic N) is 3. The summed E-state index contributed by atoms with van der Waals surface area (Å²) in [4.78, 5) is 8.32. The van der Waals surface area contributed by atoms with Gasteiger partial charge in [-0.15, -0.1) is 0 Å². The van der Waals surface area contributed by atoms with E-state index in [1.807, 2.05) is 18.2 Å². The van der Waals surface area contributed by atoms with E-state index >= 15 is 0 Å². The summed E-state index contributed by atoms with van der Waals surface area (Å²) < 4.78 is 0. The van der Waals surface area contributed by atoms with E-state index in [2.05, 4.69) is 9.98 Å². The first-order valence-corrected chi connectivity index (χ1v) is 5.32. The molecule has 0 saturated carbocycles. The van der Waals surface area contributed by atoms with Gasteiger partial charge in [-0.2, -0.15) is 5.26 Å². The first-order chi connectivity index (χ1) is 8.28. The molecule has 2 aromatic rings. The summed E-state index contributed by atoms with van der Waals surface area (Å²) in [5.74, 6) is 0. The normalized spacial score (nSPS) is 10.4. The van der Waals surface area contributed by atoms with Gasteiger partial charge in [-0.25, -0.2) is 4.98 Å². The third-order valence-electron chi connectivity index (χ3n) is 2.06. The molecule has 0 spiro atoms. The number of pyridine rings is 1. The van der Waals surface area contributed by atoms with Crippen molar-refractivity contribution >= 4 is 23.5 Å². The highest BCUT2D eigenvalue weighted by molar-refractivity contribution is 6.30. The van der Waals surface area contributed by atoms with Crippen LogP contribution in [0.1, 0.15) is 11.4 Å². The summed E-state index contributed by atoms with van der Waals surface area (Å²) >= 11 is 5.77. The molecule has 0 bridgehead atoms. The van der Waals surface area contributed by atoms with E-state index in [1.54, 1.807) is 36.5 Å². The molecular formula is C13H8ClN3. The van der Waals surface area contributed by atoms with Gasteiger partial charge in [0.05, 0.1) is 17.6 Å². The smallest absolute Gasteiger partial charge is 0.141 e. The van der Waals surface area contributed by atoms with Gasteiger partial charge in [0.2, 0.25) is 0 Å². The quantitative estimate of drug-likeness (QED) is 0.757. The van der Waals surface area contributed by atoms with Crippen LogP contribution in [-0.2, 0) is 0 Å². The highest BCUT2D eigenvalue weighted by Gasteiger charge is 1.93. The zero-order chi connectivity index (χ0) is 12.1. The highest BCUT2D eigenvalue weighted by Crippen LogP contribution is 2.15. The van der Waals surface area contributed by atoms with E-state index in [0.29, 0.717) is 16.4 Å². The summed E-state index contributed by atoms with van der Waals surface area (Å²) in [6, 6.07) is 14.4. The molecule has 0 saturated heterocycles. The molecule has 1 aromatic carbocycles. The summed E-state index contributed by atoms with van der Waals surface area (Å²) in [5.41, 5.74) is 1.82. The van der Waals surface area contributed by atoms with Crippen LogP contribution in [-0.4, -0.2) is 11.2 Å². The van der Waals surface area contributed by atoms with Crippen molar-refractivity contribution in [3.05, 3.63) is 58.9 Å². The Labute approximate surface area is 104 Å². The molecular weight excluding hydrogens is 234 g/mol. The molecule has 0 amide bonds. The Morgan fingerprint density at radius 1 is 1.18 bits per heavy atom. The summed E-state index contributed by atoms with van der Waals surface area (Å²) in [6.07, 6.45) is 1.62. The number of aliphatic imine (C=N–C) groups is 1. The van der Waals surface area contributed by atoms with Crippen LogP contribution in [0.4, 0.5) is 5.69 Å². The second-order valence-electron chi connectivity index (χ2n) is 3.29. The van der Waals surface area contributed by atoms with Crippen LogP contribution in [0.15, 0.2) is 47.5 Å². The van der Waals surface area contributed by atoms with Crippen molar-refractivity contribution in [2.45, 2.75) is 0 Å². The van der Waals surface area contributed by atoms with E-state index in [1.165, 1.54) is 0 Å². The van der Waals surface area contributed by atoms with Gasteiger partial charge in [0.15, 0.2) is 0 Å². The average Bonchev–Trinajstić information content (AvgIpc) is 2.38. The molecule has 1 aromatic heterocycles. The zero-order valence-electron chi connectivity index (χ0n) is 8.84. The van der Waals surface area contributed by atoms with Gasteiger partial charge in [-0.1, -0.05) is 17.7 Å². The molecule has 0 atom stereocenters. The van der Waals surface area contributed by atoms with E-state index in [0.717, 1.165) is 5.69 Å². The van der Waals surface area contributed by atoms with Crippen molar-refractivity contribution in [3.63, 3.8) is 0 Å². The van der Waals surface area contributed by atoms with Crippen LogP contribution in [0.2, 0.25) is 5.02 Å². The number of hydrogen-bond donors (Lipinski definition) is 0. The number of benzene rings is 1. The Morgan fingerprint density at radius 2 is 1.94 bits per heavy atom. The minimum Gasteiger partial charge on any atom is -0.255 e. The topological polar surface area (TPSA) is 49.0 Å². The fourth-order valence-electron chi connectivity index (χ4n) is 1.25. The summed E-state index contributed by atoms with van der Waals surface area (Å²) in [5, 5.41) is 9.38. The lowest BCUT2D eigenvalue weighted by atomic mass is 10.3. The molecule has 0 aliphatic rings. The van der Waals surface area contributed by atoms with Crippen molar-refractivity contribution in [2.24, 2.45) is 4.99 Å². The zero-order valence-corrected chi connectivity index (χ0v) is 9.59. The van der Waals surface area contributed by atoms with Gasteiger partial charge in [-0.3, -0.25) is 4.99 Å². The largest absolute Gasteiger partial charge is 0.255 e. The first kappa shape index (κ1) is 11.3. The molecule has 0 aliphatic carbocycles. The van der Waals surface area contributed by atoms with E-state index < -0.39 is 0 Å². The number of hydrogen-bond acceptors (Lipinski definition) is 3. The van der Waals surface area contributed by atoms with Gasteiger partial charge in [0.25, 0.3) is 0 Å². The Balaban J connectivity index is 2.20. The van der Waals surface area contributed by atoms with Crippen molar-refractivity contribution in [3.8, 4) is 6.07 Å². The minimum absolute atomic E-state index is 0.380. The Morgan fingerprint density at radius 3 is 2.65 bits per heavy atom. The molecule has 1 heterocycles. The predicted octanol–water partition coefficient (Wildman–Crippen LogP) is 3.36. The number of nitriles is 1. The van der Waals surface area contributed by atoms with Crippen molar-refractivity contribution in [1.82, 2.24) is 4.98 Å². The van der Waals surface area contributed by atoms with Crippen LogP contribution in [0, 0.1) is 11.3 Å². The molecule has 17 heavy (non-hydrogen) atoms. The second-order valence-corrected chi connectivity index (χ2v) is 3.73. The maximum Gasteiger partial charge on any atom is 0.141 e. The van der Waals surface area contributed by atoms with Crippen molar-refractivity contribution in [1.29, 1.82) is 5.26 Å². The Bertz CT molecular complexity index is 582. The Hall–Kier alpha value is -2.18. The van der Waals surface area contributed by atoms with E-state index in [-0.39, 0.29) is 0 Å². The fourth-order valence-corrected chi connectivity index (χ4v) is 1.38. The SMILES string of the molecule is N#Cc1cccc(C=Nc2ccc(Cl)cc2)n1. The van der Waals surface area contributed by atoms with Crippen LogP contribution in [0.25, 0.3) is 0 Å². The van der Waals surface area contributed by atoms with Crippen LogP contribution >= 0.6 is 11.6 Å². The van der Waals surface area contributed by atoms with Crippen molar-refractivity contribution < 1.29 is 0 Å². The minimum atomic E-state index is 0.380. The van der Waals surface area contributed by atoms with Crippen molar-refractivity contribution in [2.75, 3.05) is 0 Å². The standard InChI is InChI=1S/C13H8ClN3/c14-10-4-6-11(7-5-10)16-9-13-3-1-2-12(8-15)17-13/h1-7,9H. The predicted molar refractivity (Wildman–Crippen MR) is 67.7 cm³/mol. The van der Waals surface area contributed by atoms with Gasteiger partial charge < -0.3 is 0 Å². The number of rotatable bonds is 2. The third-order valence-corrected chi connectivity index (χ3v) is 2.31. The molecule has 0 radical (unpaired) electrons. The lowest BCUT2D eigenvalue weighted by molar-refractivity contribution is 1.24. The highest BCUT2D eigenvalue weighted by atomic mass is 35.5. The van der Waals surface area contributed by atoms with Crippen LogP contribution < -0.4 is 0 Å². The Kier molecular flexibility index (Phi) is 3.49. The maximum absolute atomic E-state index is 8.71. The second kappa shape index (κ2) is 5.24. The lowest BCUT2D eigenvalue weighted by Crippen LogP contribution is -1.89. The van der Waals surface area contributed by atoms with Crippen LogP contribution in [0.5, 0.6) is 0 Å². The van der Waals surface area contributed by atoms with Crippen LogP contribution in [0.3, 0.4) is 0 Å².